The Kier molecular flexibility index (Phi) is 1.83. The minimum absolute atomic E-state index is 0.0432. The maximum atomic E-state index is 12.4. The van der Waals surface area contributed by atoms with Gasteiger partial charge in [0, 0.05) is 30.8 Å². The van der Waals surface area contributed by atoms with E-state index in [0.29, 0.717) is 5.56 Å². The van der Waals surface area contributed by atoms with Gasteiger partial charge in [-0.05, 0) is 6.42 Å². The van der Waals surface area contributed by atoms with Crippen molar-refractivity contribution < 1.29 is 8.78 Å². The highest BCUT2D eigenvalue weighted by Gasteiger charge is 2.39. The third-order valence-corrected chi connectivity index (χ3v) is 2.33. The highest BCUT2D eigenvalue weighted by Crippen LogP contribution is 2.42. The Hall–Kier alpha value is -0.970. The summed E-state index contributed by atoms with van der Waals surface area (Å²) in [6, 6.07) is 0.0432. The van der Waals surface area contributed by atoms with Gasteiger partial charge < -0.3 is 5.73 Å². The summed E-state index contributed by atoms with van der Waals surface area (Å²) in [5.74, 6) is 0.0951. The molecule has 1 saturated carbocycles. The summed E-state index contributed by atoms with van der Waals surface area (Å²) in [4.78, 5) is 0. The van der Waals surface area contributed by atoms with Gasteiger partial charge in [-0.25, -0.2) is 8.78 Å². The summed E-state index contributed by atoms with van der Waals surface area (Å²) in [7, 11) is 1.64. The molecule has 2 N–H and O–H groups in total. The first kappa shape index (κ1) is 8.62. The SMILES string of the molecule is Cn1cc(C2CC2N)c(C(F)F)n1. The van der Waals surface area contributed by atoms with Crippen molar-refractivity contribution in [1.82, 2.24) is 9.78 Å². The van der Waals surface area contributed by atoms with E-state index < -0.39 is 6.43 Å². The first-order chi connectivity index (χ1) is 6.09. The zero-order valence-electron chi connectivity index (χ0n) is 7.24. The van der Waals surface area contributed by atoms with Crippen LogP contribution in [0.5, 0.6) is 0 Å². The molecular weight excluding hydrogens is 176 g/mol. The molecule has 2 atom stereocenters. The average Bonchev–Trinajstić information content (AvgIpc) is 2.60. The number of alkyl halides is 2. The molecule has 0 aromatic carbocycles. The van der Waals surface area contributed by atoms with E-state index in [1.165, 1.54) is 4.68 Å². The van der Waals surface area contributed by atoms with E-state index in [1.54, 1.807) is 13.2 Å². The average molecular weight is 187 g/mol. The van der Waals surface area contributed by atoms with Gasteiger partial charge in [-0.15, -0.1) is 0 Å². The van der Waals surface area contributed by atoms with Crippen molar-refractivity contribution in [3.05, 3.63) is 17.5 Å². The first-order valence-corrected chi connectivity index (χ1v) is 4.16. The van der Waals surface area contributed by atoms with Crippen molar-refractivity contribution in [2.75, 3.05) is 0 Å². The zero-order valence-corrected chi connectivity index (χ0v) is 7.24. The van der Waals surface area contributed by atoms with Crippen LogP contribution in [0.25, 0.3) is 0 Å². The fourth-order valence-corrected chi connectivity index (χ4v) is 1.55. The van der Waals surface area contributed by atoms with Crippen LogP contribution < -0.4 is 5.73 Å². The molecule has 1 aliphatic rings. The summed E-state index contributed by atoms with van der Waals surface area (Å²) < 4.78 is 26.3. The predicted molar refractivity (Wildman–Crippen MR) is 43.5 cm³/mol. The number of rotatable bonds is 2. The third-order valence-electron chi connectivity index (χ3n) is 2.33. The molecule has 72 valence electrons. The molecule has 1 fully saturated rings. The van der Waals surface area contributed by atoms with E-state index in [-0.39, 0.29) is 17.7 Å². The molecule has 0 saturated heterocycles. The predicted octanol–water partition coefficient (Wildman–Crippen LogP) is 1.17. The van der Waals surface area contributed by atoms with Gasteiger partial charge in [0.2, 0.25) is 0 Å². The van der Waals surface area contributed by atoms with Crippen LogP contribution in [0.3, 0.4) is 0 Å². The summed E-state index contributed by atoms with van der Waals surface area (Å²) >= 11 is 0. The van der Waals surface area contributed by atoms with Crippen LogP contribution >= 0.6 is 0 Å². The van der Waals surface area contributed by atoms with Crippen LogP contribution in [0.15, 0.2) is 6.20 Å². The standard InChI is InChI=1S/C8H11F2N3/c1-13-3-5(4-2-6(4)11)7(12-13)8(9)10/h3-4,6,8H,2,11H2,1H3. The van der Waals surface area contributed by atoms with Crippen molar-refractivity contribution in [3.63, 3.8) is 0 Å². The zero-order chi connectivity index (χ0) is 9.59. The van der Waals surface area contributed by atoms with Crippen molar-refractivity contribution in [3.8, 4) is 0 Å². The molecule has 0 amide bonds. The van der Waals surface area contributed by atoms with E-state index in [1.807, 2.05) is 0 Å². The maximum absolute atomic E-state index is 12.4. The molecule has 2 unspecified atom stereocenters. The molecule has 5 heteroatoms. The van der Waals surface area contributed by atoms with Gasteiger partial charge in [0.15, 0.2) is 0 Å². The topological polar surface area (TPSA) is 43.8 Å². The molecule has 3 nitrogen and oxygen atoms in total. The largest absolute Gasteiger partial charge is 0.327 e. The number of nitrogens with zero attached hydrogens (tertiary/aromatic N) is 2. The number of halogens is 2. The molecule has 0 bridgehead atoms. The van der Waals surface area contributed by atoms with Crippen molar-refractivity contribution in [2.45, 2.75) is 24.8 Å². The van der Waals surface area contributed by atoms with Crippen LogP contribution in [0, 0.1) is 0 Å². The van der Waals surface area contributed by atoms with Crippen molar-refractivity contribution in [1.29, 1.82) is 0 Å². The number of hydrogen-bond acceptors (Lipinski definition) is 2. The highest BCUT2D eigenvalue weighted by molar-refractivity contribution is 5.30. The molecule has 0 aliphatic heterocycles. The van der Waals surface area contributed by atoms with Crippen LogP contribution in [0.4, 0.5) is 8.78 Å². The fourth-order valence-electron chi connectivity index (χ4n) is 1.55. The lowest BCUT2D eigenvalue weighted by atomic mass is 10.1. The highest BCUT2D eigenvalue weighted by atomic mass is 19.3. The Balaban J connectivity index is 2.32. The molecule has 1 aromatic rings. The molecule has 1 aromatic heterocycles. The summed E-state index contributed by atoms with van der Waals surface area (Å²) in [5, 5.41) is 3.72. The van der Waals surface area contributed by atoms with E-state index in [9.17, 15) is 8.78 Å². The Morgan fingerprint density at radius 2 is 2.31 bits per heavy atom. The van der Waals surface area contributed by atoms with Crippen LogP contribution in [-0.2, 0) is 7.05 Å². The molecular formula is C8H11F2N3. The second-order valence-electron chi connectivity index (χ2n) is 3.45. The Bertz CT molecular complexity index is 321. The Morgan fingerprint density at radius 3 is 2.77 bits per heavy atom. The lowest BCUT2D eigenvalue weighted by molar-refractivity contribution is 0.144. The van der Waals surface area contributed by atoms with E-state index in [2.05, 4.69) is 5.10 Å². The summed E-state index contributed by atoms with van der Waals surface area (Å²) in [6.07, 6.45) is -0.0613. The van der Waals surface area contributed by atoms with Gasteiger partial charge >= 0.3 is 0 Å². The molecule has 13 heavy (non-hydrogen) atoms. The Morgan fingerprint density at radius 1 is 1.69 bits per heavy atom. The maximum Gasteiger partial charge on any atom is 0.282 e. The van der Waals surface area contributed by atoms with Gasteiger partial charge in [0.05, 0.1) is 0 Å². The summed E-state index contributed by atoms with van der Waals surface area (Å²) in [6.45, 7) is 0. The monoisotopic (exact) mass is 187 g/mol. The number of aryl methyl sites for hydroxylation is 1. The minimum Gasteiger partial charge on any atom is -0.327 e. The normalized spacial score (nSPS) is 26.8. The van der Waals surface area contributed by atoms with Crippen LogP contribution in [0.1, 0.15) is 30.0 Å². The second kappa shape index (κ2) is 2.77. The molecule has 0 spiro atoms. The van der Waals surface area contributed by atoms with Crippen LogP contribution in [0.2, 0.25) is 0 Å². The third kappa shape index (κ3) is 1.44. The minimum atomic E-state index is -2.50. The Labute approximate surface area is 74.5 Å². The van der Waals surface area contributed by atoms with Crippen LogP contribution in [-0.4, -0.2) is 15.8 Å². The lowest BCUT2D eigenvalue weighted by Gasteiger charge is -1.97. The quantitative estimate of drug-likeness (QED) is 0.755. The van der Waals surface area contributed by atoms with Crippen molar-refractivity contribution in [2.24, 2.45) is 12.8 Å². The van der Waals surface area contributed by atoms with Gasteiger partial charge in [-0.2, -0.15) is 5.10 Å². The summed E-state index contributed by atoms with van der Waals surface area (Å²) in [5.41, 5.74) is 6.10. The van der Waals surface area contributed by atoms with Crippen molar-refractivity contribution >= 4 is 0 Å². The van der Waals surface area contributed by atoms with Gasteiger partial charge in [-0.1, -0.05) is 0 Å². The van der Waals surface area contributed by atoms with Gasteiger partial charge in [-0.3, -0.25) is 4.68 Å². The number of aromatic nitrogens is 2. The lowest BCUT2D eigenvalue weighted by Crippen LogP contribution is -2.02. The van der Waals surface area contributed by atoms with E-state index >= 15 is 0 Å². The van der Waals surface area contributed by atoms with Gasteiger partial charge in [0.1, 0.15) is 5.69 Å². The number of hydrogen-bond donors (Lipinski definition) is 1. The molecule has 0 radical (unpaired) electrons. The fraction of sp³-hybridized carbons (Fsp3) is 0.625. The first-order valence-electron chi connectivity index (χ1n) is 4.16. The molecule has 1 aliphatic carbocycles. The number of nitrogens with two attached hydrogens (primary N) is 1. The second-order valence-corrected chi connectivity index (χ2v) is 3.45. The van der Waals surface area contributed by atoms with E-state index in [4.69, 9.17) is 5.73 Å². The van der Waals surface area contributed by atoms with Gasteiger partial charge in [0.25, 0.3) is 6.43 Å². The molecule has 2 rings (SSSR count). The smallest absolute Gasteiger partial charge is 0.282 e. The van der Waals surface area contributed by atoms with E-state index in [0.717, 1.165) is 6.42 Å². The molecule has 1 heterocycles.